The zero-order valence-electron chi connectivity index (χ0n) is 35.2. The summed E-state index contributed by atoms with van der Waals surface area (Å²) in [6.07, 6.45) is 27.8. The highest BCUT2D eigenvalue weighted by Crippen LogP contribution is 2.65. The predicted molar refractivity (Wildman–Crippen MR) is 242 cm³/mol. The van der Waals surface area contributed by atoms with Gasteiger partial charge in [0.25, 0.3) is 6.71 Å². The third-order valence-electron chi connectivity index (χ3n) is 20.9. The highest BCUT2D eigenvalue weighted by Gasteiger charge is 2.57. The van der Waals surface area contributed by atoms with Gasteiger partial charge in [-0.2, -0.15) is 0 Å². The first kappa shape index (κ1) is 33.2. The van der Waals surface area contributed by atoms with Crippen molar-refractivity contribution < 1.29 is 0 Å². The van der Waals surface area contributed by atoms with E-state index in [0.29, 0.717) is 23.0 Å². The Morgan fingerprint density at radius 2 is 0.949 bits per heavy atom. The summed E-state index contributed by atoms with van der Waals surface area (Å²) in [6.45, 7) is 1.44. The zero-order valence-corrected chi connectivity index (χ0v) is 35.2. The van der Waals surface area contributed by atoms with Crippen LogP contribution in [0.15, 0.2) is 72.8 Å². The number of nitrogens with zero attached hydrogens (tertiary/aromatic N) is 2. The first-order valence-corrected chi connectivity index (χ1v) is 25.1. The van der Waals surface area contributed by atoms with Crippen molar-refractivity contribution >= 4 is 51.5 Å². The molecule has 12 bridgehead atoms. The monoisotopic (exact) mass is 772 g/mol. The number of anilines is 5. The van der Waals surface area contributed by atoms with Crippen molar-refractivity contribution in [3.05, 3.63) is 95.1 Å². The summed E-state index contributed by atoms with van der Waals surface area (Å²) in [7, 11) is 0. The minimum absolute atomic E-state index is 0.291. The van der Waals surface area contributed by atoms with Crippen LogP contribution in [0.4, 0.5) is 28.4 Å². The van der Waals surface area contributed by atoms with E-state index in [1.807, 2.05) is 0 Å². The second kappa shape index (κ2) is 11.1. The van der Waals surface area contributed by atoms with Crippen LogP contribution in [0.3, 0.4) is 0 Å². The van der Waals surface area contributed by atoms with E-state index in [4.69, 9.17) is 0 Å². The van der Waals surface area contributed by atoms with Gasteiger partial charge in [0.15, 0.2) is 0 Å². The van der Waals surface area contributed by atoms with Crippen LogP contribution >= 0.6 is 0 Å². The summed E-state index contributed by atoms with van der Waals surface area (Å²) >= 11 is 0. The molecule has 12 fully saturated rings. The Morgan fingerprint density at radius 1 is 0.458 bits per heavy atom. The van der Waals surface area contributed by atoms with Crippen LogP contribution in [0.1, 0.15) is 138 Å². The summed E-state index contributed by atoms with van der Waals surface area (Å²) in [5.74, 6) is 8.61. The van der Waals surface area contributed by atoms with E-state index in [-0.39, 0.29) is 0 Å². The Bertz CT molecular complexity index is 2390. The van der Waals surface area contributed by atoms with Gasteiger partial charge in [0.2, 0.25) is 0 Å². The van der Waals surface area contributed by atoms with E-state index in [1.165, 1.54) is 139 Å². The molecule has 0 atom stereocenters. The molecule has 4 aromatic carbocycles. The molecule has 298 valence electrons. The maximum atomic E-state index is 2.92. The first-order valence-electron chi connectivity index (χ1n) is 25.1. The van der Waals surface area contributed by atoms with E-state index in [1.54, 1.807) is 50.0 Å². The number of fused-ring (bicyclic) bond motifs is 4. The molecule has 2 nitrogen and oxygen atoms in total. The summed E-state index contributed by atoms with van der Waals surface area (Å²) in [6, 6.07) is 31.0. The number of hydrogen-bond acceptors (Lipinski definition) is 2. The fourth-order valence-corrected chi connectivity index (χ4v) is 20.3. The molecule has 15 aliphatic rings. The Balaban J connectivity index is 0.940. The summed E-state index contributed by atoms with van der Waals surface area (Å²) in [5.41, 5.74) is 20.5. The van der Waals surface area contributed by atoms with Gasteiger partial charge in [0.1, 0.15) is 0 Å². The normalized spacial score (nSPS) is 41.5. The lowest BCUT2D eigenvalue weighted by molar-refractivity contribution is -0.00554. The van der Waals surface area contributed by atoms with Crippen molar-refractivity contribution in [1.29, 1.82) is 0 Å². The number of hydrogen-bond donors (Lipinski definition) is 0. The molecule has 19 rings (SSSR count). The summed E-state index contributed by atoms with van der Waals surface area (Å²) < 4.78 is 0. The van der Waals surface area contributed by atoms with Gasteiger partial charge in [-0.3, -0.25) is 0 Å². The van der Waals surface area contributed by atoms with Crippen LogP contribution in [-0.4, -0.2) is 13.3 Å². The quantitative estimate of drug-likeness (QED) is 0.168. The highest BCUT2D eigenvalue weighted by molar-refractivity contribution is 7.00. The van der Waals surface area contributed by atoms with Crippen LogP contribution < -0.4 is 26.2 Å². The Hall–Kier alpha value is -3.46. The minimum atomic E-state index is 0.291. The van der Waals surface area contributed by atoms with Gasteiger partial charge in [0.05, 0.1) is 0 Å². The highest BCUT2D eigenvalue weighted by atomic mass is 15.2. The summed E-state index contributed by atoms with van der Waals surface area (Å²) in [4.78, 5) is 5.73. The van der Waals surface area contributed by atoms with E-state index in [0.717, 1.165) is 59.8 Å². The Kier molecular flexibility index (Phi) is 6.26. The lowest BCUT2D eigenvalue weighted by atomic mass is 9.33. The van der Waals surface area contributed by atoms with E-state index in [9.17, 15) is 0 Å². The van der Waals surface area contributed by atoms with E-state index in [2.05, 4.69) is 82.6 Å². The molecule has 0 radical (unpaired) electrons. The number of para-hydroxylation sites is 1. The van der Waals surface area contributed by atoms with E-state index >= 15 is 0 Å². The van der Waals surface area contributed by atoms with Gasteiger partial charge in [-0.05, 0) is 260 Å². The fourth-order valence-electron chi connectivity index (χ4n) is 20.3. The second-order valence-electron chi connectivity index (χ2n) is 24.3. The largest absolute Gasteiger partial charge is 0.342 e. The molecule has 0 saturated heterocycles. The molecule has 3 heterocycles. The maximum Gasteiger partial charge on any atom is 0.252 e. The van der Waals surface area contributed by atoms with Crippen LogP contribution in [0.2, 0.25) is 0 Å². The number of benzene rings is 4. The molecule has 0 aromatic heterocycles. The lowest BCUT2D eigenvalue weighted by Gasteiger charge is -2.58. The third kappa shape index (κ3) is 4.33. The van der Waals surface area contributed by atoms with Crippen molar-refractivity contribution in [3.8, 4) is 0 Å². The Morgan fingerprint density at radius 3 is 1.53 bits per heavy atom. The topological polar surface area (TPSA) is 6.48 Å². The first-order chi connectivity index (χ1) is 29.0. The molecule has 12 aliphatic carbocycles. The van der Waals surface area contributed by atoms with E-state index < -0.39 is 0 Å². The average Bonchev–Trinajstić information content (AvgIpc) is 3.66. The van der Waals surface area contributed by atoms with Gasteiger partial charge >= 0.3 is 0 Å². The lowest BCUT2D eigenvalue weighted by Crippen LogP contribution is -2.62. The van der Waals surface area contributed by atoms with Crippen molar-refractivity contribution in [2.45, 2.75) is 138 Å². The van der Waals surface area contributed by atoms with Gasteiger partial charge < -0.3 is 9.80 Å². The van der Waals surface area contributed by atoms with Crippen LogP contribution in [0, 0.1) is 53.3 Å². The van der Waals surface area contributed by atoms with Gasteiger partial charge in [0, 0.05) is 35.0 Å². The maximum absolute atomic E-state index is 2.92. The predicted octanol–water partition coefficient (Wildman–Crippen LogP) is 11.4. The summed E-state index contributed by atoms with van der Waals surface area (Å²) in [5, 5.41) is 0. The zero-order chi connectivity index (χ0) is 38.0. The molecule has 4 aromatic rings. The smallest absolute Gasteiger partial charge is 0.252 e. The third-order valence-corrected chi connectivity index (χ3v) is 20.9. The van der Waals surface area contributed by atoms with Gasteiger partial charge in [-0.1, -0.05) is 42.5 Å². The van der Waals surface area contributed by atoms with Gasteiger partial charge in [-0.15, -0.1) is 0 Å². The van der Waals surface area contributed by atoms with Crippen molar-refractivity contribution in [2.75, 3.05) is 16.3 Å². The fraction of sp³-hybridized carbons (Fsp3) is 0.571. The van der Waals surface area contributed by atoms with Crippen molar-refractivity contribution in [1.82, 2.24) is 0 Å². The molecular weight excluding hydrogens is 711 g/mol. The molecule has 0 spiro atoms. The molecule has 3 aliphatic heterocycles. The van der Waals surface area contributed by atoms with Crippen molar-refractivity contribution in [3.63, 3.8) is 0 Å². The SMILES string of the molecule is c1ccc(N2c3cc(C45CC6CC(CC(C6)C4)C5)ccc3B3c4ccc(C56CC7CC(CC(C7)C5)C6)c5c4N(CC5)c4cc(C56CC7CC(CC(C7)C5)C6)cc2c43)cc1. The molecule has 0 unspecified atom stereocenters. The minimum Gasteiger partial charge on any atom is -0.342 e. The molecule has 0 N–H and O–H groups in total. The number of rotatable bonds is 4. The van der Waals surface area contributed by atoms with Crippen LogP contribution in [0.5, 0.6) is 0 Å². The standard InChI is InChI=1S/C56H61BN2/c1-2-4-44(5-3-1)59-49-21-42(54-24-33-12-34(25-54)14-35(13-33)26-54)6-8-47(49)57-48-9-7-46(56-30-39-18-40(31-56)20-41(19-39)32-56)45-10-11-58(53(45)48)50-22-43(23-51(59)52(50)57)55-27-36-15-37(28-55)17-38(16-36)29-55/h1-9,21-23,33-41H,10-20,24-32H2. The second-order valence-corrected chi connectivity index (χ2v) is 24.3. The molecule has 12 saturated carbocycles. The van der Waals surface area contributed by atoms with Gasteiger partial charge in [-0.25, -0.2) is 0 Å². The average molecular weight is 773 g/mol. The molecule has 0 amide bonds. The molecule has 59 heavy (non-hydrogen) atoms. The van der Waals surface area contributed by atoms with Crippen LogP contribution in [0.25, 0.3) is 0 Å². The molecular formula is C56H61BN2. The van der Waals surface area contributed by atoms with Crippen LogP contribution in [-0.2, 0) is 22.7 Å². The Labute approximate surface area is 353 Å². The van der Waals surface area contributed by atoms with Crippen molar-refractivity contribution in [2.24, 2.45) is 53.3 Å². The molecule has 3 heteroatoms.